The van der Waals surface area contributed by atoms with E-state index in [-0.39, 0.29) is 30.1 Å². The Morgan fingerprint density at radius 2 is 1.87 bits per heavy atom. The summed E-state index contributed by atoms with van der Waals surface area (Å²) in [5.74, 6) is 1.64. The van der Waals surface area contributed by atoms with Crippen LogP contribution in [0.2, 0.25) is 0 Å². The number of likely N-dealkylation sites (tertiary alicyclic amines) is 1. The largest absolute Gasteiger partial charge is 0.450 e. The smallest absolute Gasteiger partial charge is 0.409 e. The summed E-state index contributed by atoms with van der Waals surface area (Å²) in [6.45, 7) is 12.5. The fourth-order valence-electron chi connectivity index (χ4n) is 3.91. The van der Waals surface area contributed by atoms with Gasteiger partial charge < -0.3 is 19.9 Å². The van der Waals surface area contributed by atoms with Gasteiger partial charge in [-0.1, -0.05) is 6.07 Å². The van der Waals surface area contributed by atoms with Crippen LogP contribution in [0.5, 0.6) is 0 Å². The number of carbonyl (C=O) groups excluding carboxylic acids is 1. The molecule has 1 N–H and O–H groups in total. The number of piperidine rings is 1. The van der Waals surface area contributed by atoms with Crippen LogP contribution >= 0.6 is 35.3 Å². The predicted molar refractivity (Wildman–Crippen MR) is 134 cm³/mol. The molecule has 1 aromatic heterocycles. The van der Waals surface area contributed by atoms with Gasteiger partial charge in [0.1, 0.15) is 0 Å². The molecule has 1 amide bonds. The van der Waals surface area contributed by atoms with Crippen LogP contribution in [0, 0.1) is 5.92 Å². The van der Waals surface area contributed by atoms with Crippen LogP contribution in [0.4, 0.5) is 4.79 Å². The number of halogens is 1. The van der Waals surface area contributed by atoms with Gasteiger partial charge in [-0.15, -0.1) is 35.3 Å². The van der Waals surface area contributed by atoms with E-state index in [0.717, 1.165) is 51.8 Å². The first kappa shape index (κ1) is 25.2. The normalized spacial score (nSPS) is 18.8. The van der Waals surface area contributed by atoms with Crippen LogP contribution in [-0.2, 0) is 11.3 Å². The Kier molecular flexibility index (Phi) is 11.2. The maximum Gasteiger partial charge on any atom is 0.409 e. The molecule has 0 bridgehead atoms. The molecule has 0 unspecified atom stereocenters. The molecular formula is C21H36IN5O2S. The fraction of sp³-hybridized carbons (Fsp3) is 0.714. The van der Waals surface area contributed by atoms with Gasteiger partial charge in [-0.05, 0) is 57.1 Å². The van der Waals surface area contributed by atoms with Crippen molar-refractivity contribution >= 4 is 47.4 Å². The Morgan fingerprint density at radius 3 is 2.47 bits per heavy atom. The monoisotopic (exact) mass is 549 g/mol. The Morgan fingerprint density at radius 1 is 1.17 bits per heavy atom. The highest BCUT2D eigenvalue weighted by atomic mass is 127. The number of carbonyl (C=O) groups is 1. The van der Waals surface area contributed by atoms with Gasteiger partial charge in [-0.3, -0.25) is 9.89 Å². The number of nitrogens with zero attached hydrogens (tertiary/aromatic N) is 4. The maximum atomic E-state index is 11.9. The zero-order valence-electron chi connectivity index (χ0n) is 18.2. The molecule has 0 aromatic carbocycles. The van der Waals surface area contributed by atoms with Crippen molar-refractivity contribution < 1.29 is 9.53 Å². The number of amides is 1. The molecule has 2 fully saturated rings. The summed E-state index contributed by atoms with van der Waals surface area (Å²) < 4.78 is 5.11. The molecule has 2 saturated heterocycles. The first-order valence-electron chi connectivity index (χ1n) is 10.9. The Hall–Kier alpha value is -1.07. The van der Waals surface area contributed by atoms with Crippen LogP contribution < -0.4 is 5.32 Å². The molecule has 7 nitrogen and oxygen atoms in total. The number of piperazine rings is 1. The second-order valence-corrected chi connectivity index (χ2v) is 8.70. The minimum absolute atomic E-state index is 0. The molecule has 2 aliphatic rings. The summed E-state index contributed by atoms with van der Waals surface area (Å²) in [6, 6.07) is 4.36. The molecule has 1 aromatic rings. The van der Waals surface area contributed by atoms with Gasteiger partial charge in [0.05, 0.1) is 6.61 Å². The predicted octanol–water partition coefficient (Wildman–Crippen LogP) is 3.32. The van der Waals surface area contributed by atoms with E-state index in [1.807, 2.05) is 18.3 Å². The average molecular weight is 550 g/mol. The number of guanidine groups is 1. The van der Waals surface area contributed by atoms with E-state index in [2.05, 4.69) is 39.6 Å². The van der Waals surface area contributed by atoms with Crippen molar-refractivity contribution in [2.45, 2.75) is 33.2 Å². The molecule has 0 atom stereocenters. The lowest BCUT2D eigenvalue weighted by molar-refractivity contribution is 0.0914. The zero-order valence-corrected chi connectivity index (χ0v) is 21.4. The topological polar surface area (TPSA) is 60.4 Å². The van der Waals surface area contributed by atoms with Crippen LogP contribution in [-0.4, -0.2) is 85.7 Å². The van der Waals surface area contributed by atoms with E-state index in [1.165, 1.54) is 17.7 Å². The number of hydrogen-bond donors (Lipinski definition) is 1. The third-order valence-corrected chi connectivity index (χ3v) is 6.47. The highest BCUT2D eigenvalue weighted by molar-refractivity contribution is 14.0. The Balaban J connectivity index is 0.00000320. The third kappa shape index (κ3) is 7.56. The van der Waals surface area contributed by atoms with E-state index in [9.17, 15) is 4.79 Å². The molecule has 0 aliphatic carbocycles. The number of ether oxygens (including phenoxy) is 1. The average Bonchev–Trinajstić information content (AvgIpc) is 3.25. The van der Waals surface area contributed by atoms with Gasteiger partial charge in [0.25, 0.3) is 0 Å². The Labute approximate surface area is 201 Å². The van der Waals surface area contributed by atoms with Gasteiger partial charge in [0.15, 0.2) is 5.96 Å². The Bertz CT molecular complexity index is 642. The summed E-state index contributed by atoms with van der Waals surface area (Å²) in [7, 11) is 0. The number of thiophene rings is 1. The van der Waals surface area contributed by atoms with Crippen molar-refractivity contribution in [1.29, 1.82) is 0 Å². The lowest BCUT2D eigenvalue weighted by atomic mass is 9.97. The first-order chi connectivity index (χ1) is 14.2. The summed E-state index contributed by atoms with van der Waals surface area (Å²) in [4.78, 5) is 24.9. The van der Waals surface area contributed by atoms with Gasteiger partial charge in [0, 0.05) is 50.7 Å². The molecule has 3 heterocycles. The van der Waals surface area contributed by atoms with Crippen LogP contribution in [0.1, 0.15) is 31.6 Å². The molecule has 0 radical (unpaired) electrons. The summed E-state index contributed by atoms with van der Waals surface area (Å²) >= 11 is 1.85. The number of aliphatic imine (C=N–C) groups is 1. The molecule has 0 saturated carbocycles. The van der Waals surface area contributed by atoms with E-state index >= 15 is 0 Å². The van der Waals surface area contributed by atoms with Gasteiger partial charge >= 0.3 is 6.09 Å². The maximum absolute atomic E-state index is 11.9. The van der Waals surface area contributed by atoms with Gasteiger partial charge in [-0.2, -0.15) is 0 Å². The quantitative estimate of drug-likeness (QED) is 0.335. The molecule has 0 spiro atoms. The molecular weight excluding hydrogens is 513 g/mol. The second kappa shape index (κ2) is 13.4. The fourth-order valence-corrected chi connectivity index (χ4v) is 4.65. The SMILES string of the molecule is CCNC(=NCC1CCN(Cc2cccs2)CC1)N1CCN(C(=O)OCC)CC1.I. The molecule has 9 heteroatoms. The van der Waals surface area contributed by atoms with Crippen LogP contribution in [0.3, 0.4) is 0 Å². The van der Waals surface area contributed by atoms with Gasteiger partial charge in [0.2, 0.25) is 0 Å². The first-order valence-corrected chi connectivity index (χ1v) is 11.8. The van der Waals surface area contributed by atoms with Gasteiger partial charge in [-0.25, -0.2) is 4.79 Å². The van der Waals surface area contributed by atoms with E-state index in [1.54, 1.807) is 4.90 Å². The van der Waals surface area contributed by atoms with E-state index in [4.69, 9.17) is 9.73 Å². The van der Waals surface area contributed by atoms with Crippen molar-refractivity contribution in [1.82, 2.24) is 20.0 Å². The zero-order chi connectivity index (χ0) is 20.5. The summed E-state index contributed by atoms with van der Waals surface area (Å²) in [6.07, 6.45) is 2.22. The van der Waals surface area contributed by atoms with Crippen molar-refractivity contribution in [2.75, 3.05) is 59.0 Å². The number of nitrogens with one attached hydrogen (secondary N) is 1. The minimum atomic E-state index is -0.205. The van der Waals surface area contributed by atoms with E-state index < -0.39 is 0 Å². The summed E-state index contributed by atoms with van der Waals surface area (Å²) in [5, 5.41) is 5.59. The number of hydrogen-bond acceptors (Lipinski definition) is 5. The van der Waals surface area contributed by atoms with Crippen LogP contribution in [0.15, 0.2) is 22.5 Å². The van der Waals surface area contributed by atoms with E-state index in [0.29, 0.717) is 25.6 Å². The van der Waals surface area contributed by atoms with Crippen LogP contribution in [0.25, 0.3) is 0 Å². The van der Waals surface area contributed by atoms with Crippen molar-refractivity contribution in [3.63, 3.8) is 0 Å². The molecule has 3 rings (SSSR count). The van der Waals surface area contributed by atoms with Crippen molar-refractivity contribution in [3.05, 3.63) is 22.4 Å². The lowest BCUT2D eigenvalue weighted by Crippen LogP contribution is -2.54. The third-order valence-electron chi connectivity index (χ3n) is 5.61. The molecule has 2 aliphatic heterocycles. The number of rotatable bonds is 6. The lowest BCUT2D eigenvalue weighted by Gasteiger charge is -2.36. The highest BCUT2D eigenvalue weighted by Crippen LogP contribution is 2.21. The standard InChI is InChI=1S/C21H35N5O2S.HI/c1-3-22-20(25-11-13-26(14-12-25)21(27)28-4-2)23-16-18-7-9-24(10-8-18)17-19-6-5-15-29-19;/h5-6,15,18H,3-4,7-14,16-17H2,1-2H3,(H,22,23);1H. The van der Waals surface area contributed by atoms with Crippen molar-refractivity contribution in [3.8, 4) is 0 Å². The second-order valence-electron chi connectivity index (χ2n) is 7.67. The highest BCUT2D eigenvalue weighted by Gasteiger charge is 2.24. The molecule has 30 heavy (non-hydrogen) atoms. The molecule has 170 valence electrons. The minimum Gasteiger partial charge on any atom is -0.450 e. The summed E-state index contributed by atoms with van der Waals surface area (Å²) in [5.41, 5.74) is 0. The van der Waals surface area contributed by atoms with Crippen molar-refractivity contribution in [2.24, 2.45) is 10.9 Å².